The van der Waals surface area contributed by atoms with Gasteiger partial charge in [-0.25, -0.2) is 4.98 Å². The molecule has 2 aliphatic rings. The Kier molecular flexibility index (Phi) is 5.01. The maximum atomic E-state index is 12.5. The maximum Gasteiger partial charge on any atom is 0.246 e. The van der Waals surface area contributed by atoms with E-state index in [2.05, 4.69) is 20.0 Å². The van der Waals surface area contributed by atoms with Crippen LogP contribution in [0.15, 0.2) is 59.3 Å². The fourth-order valence-corrected chi connectivity index (χ4v) is 3.55. The number of hydrogen-bond acceptors (Lipinski definition) is 6. The number of anilines is 1. The standard InChI is InChI=1S/C23H23N5O2/c29-21(11-6-17-4-2-1-3-5-17)28-14-12-27(13-15-28)20-10-9-19(16-24-20)22-25-23(30-26-22)18-7-8-18/h1-6,9-11,16,18H,7-8,12-15H2/b11-6-. The summed E-state index contributed by atoms with van der Waals surface area (Å²) in [6.45, 7) is 2.87. The summed E-state index contributed by atoms with van der Waals surface area (Å²) in [5.41, 5.74) is 1.88. The first-order valence-corrected chi connectivity index (χ1v) is 10.3. The molecule has 1 aromatic carbocycles. The molecular formula is C23H23N5O2. The van der Waals surface area contributed by atoms with Gasteiger partial charge < -0.3 is 14.3 Å². The summed E-state index contributed by atoms with van der Waals surface area (Å²) in [5, 5.41) is 4.07. The molecule has 0 bridgehead atoms. The lowest BCUT2D eigenvalue weighted by Crippen LogP contribution is -2.48. The van der Waals surface area contributed by atoms with Crippen molar-refractivity contribution in [3.8, 4) is 11.4 Å². The lowest BCUT2D eigenvalue weighted by Gasteiger charge is -2.35. The second-order valence-electron chi connectivity index (χ2n) is 7.69. The molecule has 0 atom stereocenters. The van der Waals surface area contributed by atoms with Gasteiger partial charge in [-0.05, 0) is 36.6 Å². The third kappa shape index (κ3) is 4.10. The van der Waals surface area contributed by atoms with Crippen LogP contribution in [-0.4, -0.2) is 52.1 Å². The van der Waals surface area contributed by atoms with Crippen molar-refractivity contribution in [3.05, 3.63) is 66.2 Å². The van der Waals surface area contributed by atoms with E-state index in [-0.39, 0.29) is 5.91 Å². The van der Waals surface area contributed by atoms with E-state index >= 15 is 0 Å². The largest absolute Gasteiger partial charge is 0.353 e. The zero-order valence-electron chi connectivity index (χ0n) is 16.6. The first kappa shape index (κ1) is 18.5. The molecule has 0 unspecified atom stereocenters. The van der Waals surface area contributed by atoms with Gasteiger partial charge in [0.15, 0.2) is 0 Å². The Bertz CT molecular complexity index is 1030. The monoisotopic (exact) mass is 401 g/mol. The average molecular weight is 401 g/mol. The van der Waals surface area contributed by atoms with Gasteiger partial charge in [0, 0.05) is 49.9 Å². The molecule has 1 saturated heterocycles. The Morgan fingerprint density at radius 3 is 2.53 bits per heavy atom. The number of benzene rings is 1. The molecular weight excluding hydrogens is 378 g/mol. The second-order valence-corrected chi connectivity index (χ2v) is 7.69. The van der Waals surface area contributed by atoms with Crippen LogP contribution in [0.4, 0.5) is 5.82 Å². The number of carbonyl (C=O) groups is 1. The van der Waals surface area contributed by atoms with Crippen molar-refractivity contribution >= 4 is 17.8 Å². The Morgan fingerprint density at radius 1 is 1.03 bits per heavy atom. The highest BCUT2D eigenvalue weighted by atomic mass is 16.5. The number of rotatable bonds is 5. The van der Waals surface area contributed by atoms with Crippen LogP contribution < -0.4 is 4.90 Å². The summed E-state index contributed by atoms with van der Waals surface area (Å²) in [5.74, 6) is 2.72. The summed E-state index contributed by atoms with van der Waals surface area (Å²) >= 11 is 0. The van der Waals surface area contributed by atoms with Crippen molar-refractivity contribution < 1.29 is 9.32 Å². The highest BCUT2D eigenvalue weighted by Gasteiger charge is 2.30. The van der Waals surface area contributed by atoms with Crippen LogP contribution in [-0.2, 0) is 4.79 Å². The summed E-state index contributed by atoms with van der Waals surface area (Å²) in [6.07, 6.45) is 7.57. The Morgan fingerprint density at radius 2 is 1.83 bits per heavy atom. The van der Waals surface area contributed by atoms with E-state index in [1.165, 1.54) is 0 Å². The van der Waals surface area contributed by atoms with Crippen molar-refractivity contribution in [1.29, 1.82) is 0 Å². The maximum absolute atomic E-state index is 12.5. The van der Waals surface area contributed by atoms with Crippen LogP contribution in [0.3, 0.4) is 0 Å². The first-order chi connectivity index (χ1) is 14.8. The van der Waals surface area contributed by atoms with E-state index in [0.29, 0.717) is 24.8 Å². The van der Waals surface area contributed by atoms with Gasteiger partial charge in [0.1, 0.15) is 5.82 Å². The second kappa shape index (κ2) is 8.10. The molecule has 2 aromatic heterocycles. The topological polar surface area (TPSA) is 75.4 Å². The SMILES string of the molecule is O=C(/C=C\c1ccccc1)N1CCN(c2ccc(-c3noc(C4CC4)n3)cn2)CC1. The Labute approximate surface area is 175 Å². The van der Waals surface area contributed by atoms with Gasteiger partial charge >= 0.3 is 0 Å². The van der Waals surface area contributed by atoms with Gasteiger partial charge in [0.2, 0.25) is 17.6 Å². The van der Waals surface area contributed by atoms with E-state index in [1.54, 1.807) is 12.3 Å². The molecule has 3 heterocycles. The third-order valence-electron chi connectivity index (χ3n) is 5.51. The number of pyridine rings is 1. The molecule has 2 fully saturated rings. The van der Waals surface area contributed by atoms with E-state index in [1.807, 2.05) is 53.4 Å². The van der Waals surface area contributed by atoms with Crippen LogP contribution in [0.1, 0.15) is 30.2 Å². The molecule has 0 radical (unpaired) electrons. The number of amides is 1. The minimum Gasteiger partial charge on any atom is -0.353 e. The normalized spacial score (nSPS) is 16.9. The molecule has 7 nitrogen and oxygen atoms in total. The van der Waals surface area contributed by atoms with Gasteiger partial charge in [0.25, 0.3) is 0 Å². The minimum atomic E-state index is 0.0467. The number of piperazine rings is 1. The predicted molar refractivity (Wildman–Crippen MR) is 114 cm³/mol. The van der Waals surface area contributed by atoms with Crippen molar-refractivity contribution in [1.82, 2.24) is 20.0 Å². The summed E-state index contributed by atoms with van der Waals surface area (Å²) in [6, 6.07) is 13.8. The Hall–Kier alpha value is -3.48. The molecule has 1 amide bonds. The van der Waals surface area contributed by atoms with E-state index in [9.17, 15) is 4.79 Å². The van der Waals surface area contributed by atoms with Gasteiger partial charge in [-0.2, -0.15) is 4.98 Å². The molecule has 7 heteroatoms. The lowest BCUT2D eigenvalue weighted by atomic mass is 10.2. The Balaban J connectivity index is 1.17. The fraction of sp³-hybridized carbons (Fsp3) is 0.304. The summed E-state index contributed by atoms with van der Waals surface area (Å²) < 4.78 is 5.33. The van der Waals surface area contributed by atoms with E-state index < -0.39 is 0 Å². The number of hydrogen-bond donors (Lipinski definition) is 0. The number of carbonyl (C=O) groups excluding carboxylic acids is 1. The number of aromatic nitrogens is 3. The third-order valence-corrected chi connectivity index (χ3v) is 5.51. The lowest BCUT2D eigenvalue weighted by molar-refractivity contribution is -0.126. The molecule has 1 aliphatic carbocycles. The predicted octanol–water partition coefficient (Wildman–Crippen LogP) is 3.37. The van der Waals surface area contributed by atoms with Crippen molar-refractivity contribution in [2.24, 2.45) is 0 Å². The van der Waals surface area contributed by atoms with Crippen molar-refractivity contribution in [3.63, 3.8) is 0 Å². The van der Waals surface area contributed by atoms with Crippen molar-refractivity contribution in [2.75, 3.05) is 31.1 Å². The molecule has 0 spiro atoms. The van der Waals surface area contributed by atoms with Crippen LogP contribution in [0.25, 0.3) is 17.5 Å². The molecule has 152 valence electrons. The van der Waals surface area contributed by atoms with Crippen molar-refractivity contribution in [2.45, 2.75) is 18.8 Å². The smallest absolute Gasteiger partial charge is 0.246 e. The van der Waals surface area contributed by atoms with Gasteiger partial charge in [-0.15, -0.1) is 0 Å². The fourth-order valence-electron chi connectivity index (χ4n) is 3.55. The number of nitrogens with zero attached hydrogens (tertiary/aromatic N) is 5. The van der Waals surface area contributed by atoms with Gasteiger partial charge in [-0.3, -0.25) is 4.79 Å². The van der Waals surface area contributed by atoms with E-state index in [4.69, 9.17) is 4.52 Å². The molecule has 0 N–H and O–H groups in total. The molecule has 3 aromatic rings. The molecule has 5 rings (SSSR count). The molecule has 1 saturated carbocycles. The first-order valence-electron chi connectivity index (χ1n) is 10.3. The zero-order chi connectivity index (χ0) is 20.3. The molecule has 1 aliphatic heterocycles. The molecule has 30 heavy (non-hydrogen) atoms. The summed E-state index contributed by atoms with van der Waals surface area (Å²) in [4.78, 5) is 25.6. The minimum absolute atomic E-state index is 0.0467. The van der Waals surface area contributed by atoms with Crippen LogP contribution in [0.2, 0.25) is 0 Å². The zero-order valence-corrected chi connectivity index (χ0v) is 16.6. The highest BCUT2D eigenvalue weighted by Crippen LogP contribution is 2.39. The van der Waals surface area contributed by atoms with Gasteiger partial charge in [0.05, 0.1) is 0 Å². The van der Waals surface area contributed by atoms with E-state index in [0.717, 1.165) is 48.8 Å². The highest BCUT2D eigenvalue weighted by molar-refractivity contribution is 5.91. The average Bonchev–Trinajstić information content (AvgIpc) is 3.55. The van der Waals surface area contributed by atoms with Crippen LogP contribution in [0, 0.1) is 0 Å². The van der Waals surface area contributed by atoms with Crippen LogP contribution >= 0.6 is 0 Å². The quantitative estimate of drug-likeness (QED) is 0.610. The van der Waals surface area contributed by atoms with Gasteiger partial charge in [-0.1, -0.05) is 35.5 Å². The van der Waals surface area contributed by atoms with Crippen LogP contribution in [0.5, 0.6) is 0 Å². The summed E-state index contributed by atoms with van der Waals surface area (Å²) in [7, 11) is 0.